The molecule has 1 aromatic rings. The summed E-state index contributed by atoms with van der Waals surface area (Å²) in [5.41, 5.74) is 2.94. The van der Waals surface area contributed by atoms with E-state index in [1.807, 2.05) is 0 Å². The maximum atomic E-state index is 4.50. The molecule has 2 atom stereocenters. The molecule has 0 aliphatic carbocycles. The second-order valence-corrected chi connectivity index (χ2v) is 5.89. The van der Waals surface area contributed by atoms with Crippen LogP contribution in [0.4, 0.5) is 5.69 Å². The van der Waals surface area contributed by atoms with Gasteiger partial charge in [0.2, 0.25) is 0 Å². The van der Waals surface area contributed by atoms with E-state index >= 15 is 0 Å². The van der Waals surface area contributed by atoms with Gasteiger partial charge in [-0.15, -0.1) is 0 Å². The fourth-order valence-electron chi connectivity index (χ4n) is 2.64. The van der Waals surface area contributed by atoms with E-state index in [2.05, 4.69) is 62.6 Å². The van der Waals surface area contributed by atoms with Gasteiger partial charge in [-0.05, 0) is 42.6 Å². The first kappa shape index (κ1) is 12.8. The van der Waals surface area contributed by atoms with Gasteiger partial charge in [0, 0.05) is 18.3 Å². The monoisotopic (exact) mass is 249 g/mol. The summed E-state index contributed by atoms with van der Waals surface area (Å²) in [5.74, 6) is 2.35. The number of fused-ring (bicyclic) bond motifs is 1. The van der Waals surface area contributed by atoms with Crippen molar-refractivity contribution in [1.82, 2.24) is 0 Å². The second kappa shape index (κ2) is 5.34. The molecule has 1 aromatic carbocycles. The van der Waals surface area contributed by atoms with Gasteiger partial charge in [0.25, 0.3) is 0 Å². The van der Waals surface area contributed by atoms with E-state index < -0.39 is 0 Å². The Morgan fingerprint density at radius 1 is 1.35 bits per heavy atom. The molecule has 1 nitrogen and oxygen atoms in total. The first-order valence-electron chi connectivity index (χ1n) is 6.59. The highest BCUT2D eigenvalue weighted by atomic mass is 32.1. The molecule has 0 amide bonds. The van der Waals surface area contributed by atoms with Gasteiger partial charge in [-0.1, -0.05) is 32.0 Å². The van der Waals surface area contributed by atoms with Gasteiger partial charge in [0.15, 0.2) is 0 Å². The summed E-state index contributed by atoms with van der Waals surface area (Å²) >= 11 is 4.50. The molecule has 0 fully saturated rings. The second-order valence-electron chi connectivity index (χ2n) is 5.52. The molecular weight excluding hydrogens is 226 g/mol. The fourth-order valence-corrected chi connectivity index (χ4v) is 3.18. The van der Waals surface area contributed by atoms with E-state index in [0.29, 0.717) is 17.9 Å². The number of hydrogen-bond donors (Lipinski definition) is 1. The normalized spacial score (nSPS) is 20.8. The highest BCUT2D eigenvalue weighted by Crippen LogP contribution is 2.33. The average Bonchev–Trinajstić information content (AvgIpc) is 2.61. The minimum atomic E-state index is 0.633. The lowest BCUT2D eigenvalue weighted by atomic mass is 9.97. The van der Waals surface area contributed by atoms with E-state index in [0.717, 1.165) is 12.3 Å². The summed E-state index contributed by atoms with van der Waals surface area (Å²) in [6.07, 6.45) is 1.19. The number of anilines is 1. The highest BCUT2D eigenvalue weighted by Gasteiger charge is 2.27. The van der Waals surface area contributed by atoms with Crippen LogP contribution >= 0.6 is 12.6 Å². The molecule has 2 rings (SSSR count). The highest BCUT2D eigenvalue weighted by molar-refractivity contribution is 7.80. The smallest absolute Gasteiger partial charge is 0.0402 e. The molecule has 0 saturated carbocycles. The molecule has 0 radical (unpaired) electrons. The van der Waals surface area contributed by atoms with Crippen molar-refractivity contribution in [3.05, 3.63) is 29.8 Å². The third-order valence-electron chi connectivity index (χ3n) is 3.96. The number of benzene rings is 1. The summed E-state index contributed by atoms with van der Waals surface area (Å²) in [6.45, 7) is 8.07. The molecule has 0 N–H and O–H groups in total. The predicted molar refractivity (Wildman–Crippen MR) is 79.1 cm³/mol. The van der Waals surface area contributed by atoms with Crippen molar-refractivity contribution < 1.29 is 0 Å². The van der Waals surface area contributed by atoms with E-state index in [1.54, 1.807) is 0 Å². The quantitative estimate of drug-likeness (QED) is 0.797. The van der Waals surface area contributed by atoms with Crippen LogP contribution in [-0.4, -0.2) is 18.3 Å². The Balaban J connectivity index is 2.16. The Kier molecular flexibility index (Phi) is 4.03. The van der Waals surface area contributed by atoms with Crippen molar-refractivity contribution >= 4 is 18.3 Å². The lowest BCUT2D eigenvalue weighted by Gasteiger charge is -2.31. The van der Waals surface area contributed by atoms with Crippen LogP contribution < -0.4 is 4.90 Å². The lowest BCUT2D eigenvalue weighted by Crippen LogP contribution is -2.36. The lowest BCUT2D eigenvalue weighted by molar-refractivity contribution is 0.415. The molecule has 2 unspecified atom stereocenters. The van der Waals surface area contributed by atoms with Crippen molar-refractivity contribution in [2.75, 3.05) is 17.2 Å². The summed E-state index contributed by atoms with van der Waals surface area (Å²) in [5, 5.41) is 0. The van der Waals surface area contributed by atoms with Crippen LogP contribution in [0.2, 0.25) is 0 Å². The number of thiol groups is 1. The minimum absolute atomic E-state index is 0.633. The first-order valence-corrected chi connectivity index (χ1v) is 7.22. The van der Waals surface area contributed by atoms with Crippen molar-refractivity contribution in [2.24, 2.45) is 11.8 Å². The molecule has 2 heteroatoms. The zero-order valence-corrected chi connectivity index (χ0v) is 12.0. The predicted octanol–water partition coefficient (Wildman–Crippen LogP) is 3.64. The van der Waals surface area contributed by atoms with Gasteiger partial charge in [0.05, 0.1) is 0 Å². The van der Waals surface area contributed by atoms with E-state index in [9.17, 15) is 0 Å². The van der Waals surface area contributed by atoms with Crippen molar-refractivity contribution in [1.29, 1.82) is 0 Å². The van der Waals surface area contributed by atoms with Crippen molar-refractivity contribution in [3.63, 3.8) is 0 Å². The Morgan fingerprint density at radius 3 is 2.71 bits per heavy atom. The zero-order valence-electron chi connectivity index (χ0n) is 11.1. The van der Waals surface area contributed by atoms with E-state index in [4.69, 9.17) is 0 Å². The van der Waals surface area contributed by atoms with Crippen molar-refractivity contribution in [2.45, 2.75) is 33.2 Å². The summed E-state index contributed by atoms with van der Waals surface area (Å²) in [6, 6.07) is 9.45. The third kappa shape index (κ3) is 2.62. The maximum Gasteiger partial charge on any atom is 0.0402 e. The summed E-state index contributed by atoms with van der Waals surface area (Å²) < 4.78 is 0. The van der Waals surface area contributed by atoms with Gasteiger partial charge in [0.1, 0.15) is 0 Å². The van der Waals surface area contributed by atoms with Crippen molar-refractivity contribution in [3.8, 4) is 0 Å². The molecule has 1 aliphatic rings. The summed E-state index contributed by atoms with van der Waals surface area (Å²) in [7, 11) is 0. The number of para-hydroxylation sites is 1. The van der Waals surface area contributed by atoms with E-state index in [1.165, 1.54) is 17.7 Å². The molecule has 0 bridgehead atoms. The van der Waals surface area contributed by atoms with Gasteiger partial charge < -0.3 is 4.90 Å². The Bertz CT molecular complexity index is 375. The minimum Gasteiger partial charge on any atom is -0.368 e. The third-order valence-corrected chi connectivity index (χ3v) is 4.43. The molecular formula is C15H23NS. The number of rotatable bonds is 4. The Hall–Kier alpha value is -0.630. The van der Waals surface area contributed by atoms with Crippen LogP contribution in [0.5, 0.6) is 0 Å². The van der Waals surface area contributed by atoms with Gasteiger partial charge in [-0.25, -0.2) is 0 Å². The van der Waals surface area contributed by atoms with E-state index in [-0.39, 0.29) is 0 Å². The SMILES string of the molecule is CC(C)C(CS)CN1c2ccccc2CC1C. The first-order chi connectivity index (χ1) is 8.13. The van der Waals surface area contributed by atoms with Crippen LogP contribution in [0.3, 0.4) is 0 Å². The maximum absolute atomic E-state index is 4.50. The largest absolute Gasteiger partial charge is 0.368 e. The molecule has 0 saturated heterocycles. The van der Waals surface area contributed by atoms with Gasteiger partial charge in [-0.2, -0.15) is 12.6 Å². The molecule has 0 spiro atoms. The van der Waals surface area contributed by atoms with Crippen LogP contribution in [0.25, 0.3) is 0 Å². The molecule has 17 heavy (non-hydrogen) atoms. The zero-order chi connectivity index (χ0) is 12.4. The average molecular weight is 249 g/mol. The van der Waals surface area contributed by atoms with Gasteiger partial charge >= 0.3 is 0 Å². The number of hydrogen-bond acceptors (Lipinski definition) is 2. The molecule has 1 aliphatic heterocycles. The molecule has 0 aromatic heterocycles. The standard InChI is InChI=1S/C15H23NS/c1-11(2)14(10-17)9-16-12(3)8-13-6-4-5-7-15(13)16/h4-7,11-12,14,17H,8-10H2,1-3H3. The molecule has 94 valence electrons. The summed E-state index contributed by atoms with van der Waals surface area (Å²) in [4.78, 5) is 2.57. The van der Waals surface area contributed by atoms with Crippen LogP contribution in [0.1, 0.15) is 26.3 Å². The Morgan fingerprint density at radius 2 is 2.06 bits per heavy atom. The number of nitrogens with zero attached hydrogens (tertiary/aromatic N) is 1. The fraction of sp³-hybridized carbons (Fsp3) is 0.600. The van der Waals surface area contributed by atoms with Crippen LogP contribution in [-0.2, 0) is 6.42 Å². The topological polar surface area (TPSA) is 3.24 Å². The van der Waals surface area contributed by atoms with Crippen LogP contribution in [0, 0.1) is 11.8 Å². The Labute approximate surface area is 111 Å². The van der Waals surface area contributed by atoms with Crippen LogP contribution in [0.15, 0.2) is 24.3 Å². The van der Waals surface area contributed by atoms with Gasteiger partial charge in [-0.3, -0.25) is 0 Å². The molecule has 1 heterocycles.